The Morgan fingerprint density at radius 1 is 1.30 bits per heavy atom. The van der Waals surface area contributed by atoms with Crippen molar-refractivity contribution in [2.24, 2.45) is 0 Å². The summed E-state index contributed by atoms with van der Waals surface area (Å²) >= 11 is 0. The molecule has 0 bridgehead atoms. The van der Waals surface area contributed by atoms with E-state index in [1.807, 2.05) is 17.0 Å². The fourth-order valence-corrected chi connectivity index (χ4v) is 4.34. The number of aromatic nitrogens is 3. The molecule has 5 rings (SSSR count). The number of amides is 1. The van der Waals surface area contributed by atoms with Crippen LogP contribution in [0, 0.1) is 0 Å². The molecule has 1 amide bonds. The highest BCUT2D eigenvalue weighted by atomic mass is 16.5. The normalized spacial score (nSPS) is 20.7. The van der Waals surface area contributed by atoms with Gasteiger partial charge in [-0.05, 0) is 43.2 Å². The third-order valence-corrected chi connectivity index (χ3v) is 5.59. The van der Waals surface area contributed by atoms with E-state index in [-0.39, 0.29) is 11.4 Å². The number of carbonyl (C=O) groups excluding carboxylic acids is 1. The molecular weight excluding hydrogens is 342 g/mol. The van der Waals surface area contributed by atoms with Gasteiger partial charge in [0.15, 0.2) is 0 Å². The van der Waals surface area contributed by atoms with Crippen molar-refractivity contribution in [1.29, 1.82) is 0 Å². The number of ether oxygens (including phenoxy) is 1. The molecule has 0 unspecified atom stereocenters. The number of fused-ring (bicyclic) bond motifs is 4. The number of benzene rings is 1. The van der Waals surface area contributed by atoms with Gasteiger partial charge in [-0.1, -0.05) is 0 Å². The predicted molar refractivity (Wildman–Crippen MR) is 101 cm³/mol. The Bertz CT molecular complexity index is 994. The largest absolute Gasteiger partial charge is 0.497 e. The lowest BCUT2D eigenvalue weighted by Crippen LogP contribution is -2.54. The topological polar surface area (TPSA) is 75.2 Å². The summed E-state index contributed by atoms with van der Waals surface area (Å²) in [6, 6.07) is 12.0. The van der Waals surface area contributed by atoms with Crippen LogP contribution in [0.25, 0.3) is 5.69 Å². The number of carbonyl (C=O) groups is 1. The van der Waals surface area contributed by atoms with Gasteiger partial charge in [-0.3, -0.25) is 9.89 Å². The second-order valence-corrected chi connectivity index (χ2v) is 7.15. The van der Waals surface area contributed by atoms with Gasteiger partial charge in [0, 0.05) is 31.5 Å². The molecule has 7 nitrogen and oxygen atoms in total. The molecule has 27 heavy (non-hydrogen) atoms. The van der Waals surface area contributed by atoms with Gasteiger partial charge in [0.25, 0.3) is 5.91 Å². The van der Waals surface area contributed by atoms with E-state index in [1.165, 1.54) is 5.69 Å². The van der Waals surface area contributed by atoms with E-state index < -0.39 is 0 Å². The average Bonchev–Trinajstić information content (AvgIpc) is 3.39. The Morgan fingerprint density at radius 2 is 2.22 bits per heavy atom. The van der Waals surface area contributed by atoms with Crippen LogP contribution in [0.2, 0.25) is 0 Å². The summed E-state index contributed by atoms with van der Waals surface area (Å²) in [5, 5.41) is 10.4. The van der Waals surface area contributed by atoms with Crippen LogP contribution in [0.3, 0.4) is 0 Å². The number of methoxy groups -OCH3 is 1. The number of rotatable bonds is 2. The Morgan fingerprint density at radius 3 is 3.04 bits per heavy atom. The summed E-state index contributed by atoms with van der Waals surface area (Å²) in [7, 11) is 1.67. The second kappa shape index (κ2) is 5.90. The minimum absolute atomic E-state index is 0.0112. The molecule has 1 fully saturated rings. The highest BCUT2D eigenvalue weighted by molar-refractivity contribution is 5.92. The summed E-state index contributed by atoms with van der Waals surface area (Å²) in [4.78, 5) is 14.8. The molecule has 2 aliphatic rings. The quantitative estimate of drug-likeness (QED) is 0.734. The van der Waals surface area contributed by atoms with Crippen LogP contribution in [0.15, 0.2) is 48.8 Å². The second-order valence-electron chi connectivity index (χ2n) is 7.15. The minimum Gasteiger partial charge on any atom is -0.497 e. The van der Waals surface area contributed by atoms with Gasteiger partial charge in [-0.15, -0.1) is 0 Å². The highest BCUT2D eigenvalue weighted by Gasteiger charge is 2.43. The van der Waals surface area contributed by atoms with Gasteiger partial charge >= 0.3 is 0 Å². The van der Waals surface area contributed by atoms with Gasteiger partial charge in [0.1, 0.15) is 11.4 Å². The van der Waals surface area contributed by atoms with E-state index in [9.17, 15) is 4.79 Å². The molecule has 2 N–H and O–H groups in total. The zero-order chi connectivity index (χ0) is 18.4. The third-order valence-electron chi connectivity index (χ3n) is 5.59. The van der Waals surface area contributed by atoms with Crippen LogP contribution in [0.5, 0.6) is 5.75 Å². The van der Waals surface area contributed by atoms with Crippen molar-refractivity contribution in [2.75, 3.05) is 25.5 Å². The number of hydrogen-bond donors (Lipinski definition) is 2. The molecule has 4 heterocycles. The van der Waals surface area contributed by atoms with Gasteiger partial charge in [-0.2, -0.15) is 5.10 Å². The molecule has 3 aromatic rings. The van der Waals surface area contributed by atoms with Crippen molar-refractivity contribution in [2.45, 2.75) is 18.4 Å². The maximum atomic E-state index is 12.9. The van der Waals surface area contributed by atoms with Crippen LogP contribution in [0.1, 0.15) is 29.0 Å². The fraction of sp³-hybridized carbons (Fsp3) is 0.300. The number of anilines is 1. The van der Waals surface area contributed by atoms with Gasteiger partial charge < -0.3 is 19.5 Å². The van der Waals surface area contributed by atoms with Crippen LogP contribution in [-0.4, -0.2) is 45.8 Å². The average molecular weight is 363 g/mol. The summed E-state index contributed by atoms with van der Waals surface area (Å²) in [5.41, 5.74) is 3.51. The van der Waals surface area contributed by atoms with Crippen molar-refractivity contribution in [3.05, 3.63) is 60.2 Å². The molecule has 1 spiro atoms. The summed E-state index contributed by atoms with van der Waals surface area (Å²) in [6.45, 7) is 1.35. The lowest BCUT2D eigenvalue weighted by atomic mass is 9.83. The van der Waals surface area contributed by atoms with Crippen LogP contribution < -0.4 is 10.1 Å². The van der Waals surface area contributed by atoms with Crippen molar-refractivity contribution in [3.8, 4) is 11.4 Å². The van der Waals surface area contributed by atoms with E-state index >= 15 is 0 Å². The first-order chi connectivity index (χ1) is 13.2. The molecule has 1 atom stereocenters. The van der Waals surface area contributed by atoms with E-state index in [0.29, 0.717) is 12.2 Å². The van der Waals surface area contributed by atoms with E-state index in [0.717, 1.165) is 36.5 Å². The molecule has 7 heteroatoms. The molecule has 0 aliphatic carbocycles. The van der Waals surface area contributed by atoms with E-state index in [2.05, 4.69) is 44.5 Å². The van der Waals surface area contributed by atoms with Crippen molar-refractivity contribution >= 4 is 11.6 Å². The smallest absolute Gasteiger partial charge is 0.271 e. The zero-order valence-electron chi connectivity index (χ0n) is 15.1. The molecule has 2 aromatic heterocycles. The standard InChI is InChI=1S/C20H21N5O2/c1-27-14-5-6-17-16(12-14)22-20(18-4-2-11-25(17)18)8-3-10-24(13-20)19(26)15-7-9-21-23-15/h2,4-7,9,11-12,22H,3,8,10,13H2,1H3,(H,21,23)/t20-/m0/s1. The lowest BCUT2D eigenvalue weighted by molar-refractivity contribution is 0.0646. The predicted octanol–water partition coefficient (Wildman–Crippen LogP) is 2.77. The lowest BCUT2D eigenvalue weighted by Gasteiger charge is -2.47. The fourth-order valence-electron chi connectivity index (χ4n) is 4.34. The van der Waals surface area contributed by atoms with E-state index in [1.54, 1.807) is 19.4 Å². The van der Waals surface area contributed by atoms with Crippen molar-refractivity contribution < 1.29 is 9.53 Å². The Hall–Kier alpha value is -3.22. The molecule has 0 radical (unpaired) electrons. The summed E-state index contributed by atoms with van der Waals surface area (Å²) in [5.74, 6) is 0.802. The Balaban J connectivity index is 1.55. The number of nitrogens with one attached hydrogen (secondary N) is 2. The first-order valence-corrected chi connectivity index (χ1v) is 9.13. The molecule has 0 saturated carbocycles. The van der Waals surface area contributed by atoms with Gasteiger partial charge in [-0.25, -0.2) is 0 Å². The minimum atomic E-state index is -0.323. The van der Waals surface area contributed by atoms with Gasteiger partial charge in [0.2, 0.25) is 0 Å². The third kappa shape index (κ3) is 2.42. The van der Waals surface area contributed by atoms with Crippen LogP contribution in [0.4, 0.5) is 5.69 Å². The molecular formula is C20H21N5O2. The van der Waals surface area contributed by atoms with Gasteiger partial charge in [0.05, 0.1) is 29.7 Å². The van der Waals surface area contributed by atoms with Crippen molar-refractivity contribution in [1.82, 2.24) is 19.7 Å². The number of likely N-dealkylation sites (tertiary alicyclic amines) is 1. The Kier molecular flexibility index (Phi) is 3.50. The zero-order valence-corrected chi connectivity index (χ0v) is 15.1. The van der Waals surface area contributed by atoms with Crippen molar-refractivity contribution in [3.63, 3.8) is 0 Å². The molecule has 138 valence electrons. The molecule has 1 saturated heterocycles. The van der Waals surface area contributed by atoms with E-state index in [4.69, 9.17) is 4.74 Å². The Labute approximate surface area is 156 Å². The van der Waals surface area contributed by atoms with Crippen LogP contribution in [-0.2, 0) is 5.54 Å². The number of hydrogen-bond acceptors (Lipinski definition) is 4. The summed E-state index contributed by atoms with van der Waals surface area (Å²) in [6.07, 6.45) is 5.58. The SMILES string of the molecule is COc1ccc2c(c1)N[C@]1(CCCN(C(=O)c3ccn[nH]3)C1)c1cccn1-2. The first-order valence-electron chi connectivity index (χ1n) is 9.13. The highest BCUT2D eigenvalue weighted by Crippen LogP contribution is 2.43. The first kappa shape index (κ1) is 16.0. The number of aromatic amines is 1. The number of H-pyrrole nitrogens is 1. The molecule has 1 aromatic carbocycles. The maximum absolute atomic E-state index is 12.9. The number of nitrogens with zero attached hydrogens (tertiary/aromatic N) is 3. The van der Waals surface area contributed by atoms with Crippen LogP contribution >= 0.6 is 0 Å². The monoisotopic (exact) mass is 363 g/mol. The maximum Gasteiger partial charge on any atom is 0.271 e. The number of piperidine rings is 1. The summed E-state index contributed by atoms with van der Waals surface area (Å²) < 4.78 is 7.63. The molecule has 2 aliphatic heterocycles.